The van der Waals surface area contributed by atoms with Crippen LogP contribution < -0.4 is 0 Å². The van der Waals surface area contributed by atoms with E-state index < -0.39 is 5.82 Å². The molecule has 0 amide bonds. The molecule has 4 heteroatoms. The van der Waals surface area contributed by atoms with Crippen LogP contribution in [0.4, 0.5) is 10.1 Å². The first-order chi connectivity index (χ1) is 8.22. The molecular formula is C13H7ClFNS. The fraction of sp³-hybridized carbons (Fsp3) is 0. The number of aliphatic imine (C=N–C) groups is 1. The molecule has 0 bridgehead atoms. The topological polar surface area (TPSA) is 12.4 Å². The molecule has 0 atom stereocenters. The zero-order chi connectivity index (χ0) is 12.3. The molecule has 2 aromatic rings. The highest BCUT2D eigenvalue weighted by molar-refractivity contribution is 7.78. The first kappa shape index (κ1) is 11.9. The van der Waals surface area contributed by atoms with Crippen molar-refractivity contribution in [1.29, 1.82) is 0 Å². The van der Waals surface area contributed by atoms with Crippen molar-refractivity contribution in [2.45, 2.75) is 0 Å². The molecule has 0 aromatic heterocycles. The molecule has 2 aromatic carbocycles. The quantitative estimate of drug-likeness (QED) is 0.556. The van der Waals surface area contributed by atoms with E-state index in [2.05, 4.69) is 22.4 Å². The fourth-order valence-electron chi connectivity index (χ4n) is 1.51. The van der Waals surface area contributed by atoms with Crippen LogP contribution in [0.3, 0.4) is 0 Å². The molecule has 84 valence electrons. The van der Waals surface area contributed by atoms with Gasteiger partial charge in [-0.05, 0) is 36.0 Å². The Kier molecular flexibility index (Phi) is 3.64. The summed E-state index contributed by atoms with van der Waals surface area (Å²) in [7, 11) is 0. The summed E-state index contributed by atoms with van der Waals surface area (Å²) in [5.41, 5.74) is 1.66. The van der Waals surface area contributed by atoms with Gasteiger partial charge in [-0.25, -0.2) is 4.39 Å². The van der Waals surface area contributed by atoms with E-state index in [4.69, 9.17) is 11.6 Å². The molecule has 0 saturated heterocycles. The predicted molar refractivity (Wildman–Crippen MR) is 71.5 cm³/mol. The van der Waals surface area contributed by atoms with Crippen molar-refractivity contribution in [2.75, 3.05) is 0 Å². The van der Waals surface area contributed by atoms with Gasteiger partial charge in [-0.15, -0.1) is 0 Å². The van der Waals surface area contributed by atoms with Gasteiger partial charge in [0.15, 0.2) is 0 Å². The lowest BCUT2D eigenvalue weighted by Crippen LogP contribution is -1.82. The summed E-state index contributed by atoms with van der Waals surface area (Å²) >= 11 is 10.5. The van der Waals surface area contributed by atoms with Crippen LogP contribution in [0.5, 0.6) is 0 Å². The molecule has 0 heterocycles. The number of thiocarbonyl (C=S) groups is 1. The number of hydrogen-bond acceptors (Lipinski definition) is 2. The molecule has 0 aliphatic rings. The molecular weight excluding hydrogens is 257 g/mol. The molecule has 0 N–H and O–H groups in total. The highest BCUT2D eigenvalue weighted by Gasteiger charge is 2.06. The Labute approximate surface area is 109 Å². The van der Waals surface area contributed by atoms with Crippen LogP contribution in [-0.2, 0) is 0 Å². The normalized spacial score (nSPS) is 9.76. The third kappa shape index (κ3) is 2.59. The number of nitrogens with zero attached hydrogens (tertiary/aromatic N) is 1. The molecule has 0 aliphatic carbocycles. The van der Waals surface area contributed by atoms with Gasteiger partial charge in [0.05, 0.1) is 5.16 Å². The predicted octanol–water partition coefficient (Wildman–Crippen LogP) is 4.88. The molecule has 1 nitrogen and oxygen atoms in total. The lowest BCUT2D eigenvalue weighted by Gasteiger charge is -2.05. The molecule has 2 rings (SSSR count). The van der Waals surface area contributed by atoms with E-state index in [1.807, 2.05) is 18.2 Å². The van der Waals surface area contributed by atoms with Crippen molar-refractivity contribution in [3.63, 3.8) is 0 Å². The number of halogens is 2. The minimum absolute atomic E-state index is 0.177. The van der Waals surface area contributed by atoms with Crippen molar-refractivity contribution in [2.24, 2.45) is 4.99 Å². The second-order valence-corrected chi connectivity index (χ2v) is 3.94. The van der Waals surface area contributed by atoms with Crippen LogP contribution in [0, 0.1) is 5.82 Å². The maximum Gasteiger partial charge on any atom is 0.150 e. The van der Waals surface area contributed by atoms with Crippen molar-refractivity contribution in [3.05, 3.63) is 53.3 Å². The monoisotopic (exact) mass is 263 g/mol. The van der Waals surface area contributed by atoms with Gasteiger partial charge in [-0.2, -0.15) is 4.99 Å². The fourth-order valence-corrected chi connectivity index (χ4v) is 1.85. The maximum atomic E-state index is 13.6. The Hall–Kier alpha value is -1.54. The van der Waals surface area contributed by atoms with E-state index in [1.54, 1.807) is 18.2 Å². The zero-order valence-corrected chi connectivity index (χ0v) is 10.2. The van der Waals surface area contributed by atoms with Crippen molar-refractivity contribution >= 4 is 34.7 Å². The average molecular weight is 264 g/mol. The third-order valence-electron chi connectivity index (χ3n) is 2.30. The number of rotatable bonds is 2. The number of isothiocyanates is 1. The van der Waals surface area contributed by atoms with Gasteiger partial charge in [0.1, 0.15) is 11.5 Å². The van der Waals surface area contributed by atoms with Gasteiger partial charge in [0, 0.05) is 10.6 Å². The summed E-state index contributed by atoms with van der Waals surface area (Å²) in [5.74, 6) is -0.445. The summed E-state index contributed by atoms with van der Waals surface area (Å²) in [6, 6.07) is 11.9. The minimum atomic E-state index is -0.445. The molecule has 0 radical (unpaired) electrons. The van der Waals surface area contributed by atoms with Gasteiger partial charge in [-0.1, -0.05) is 35.9 Å². The third-order valence-corrected chi connectivity index (χ3v) is 2.72. The molecule has 0 aliphatic heterocycles. The van der Waals surface area contributed by atoms with Gasteiger partial charge in [-0.3, -0.25) is 0 Å². The number of hydrogen-bond donors (Lipinski definition) is 0. The summed E-state index contributed by atoms with van der Waals surface area (Å²) < 4.78 is 13.6. The zero-order valence-electron chi connectivity index (χ0n) is 8.65. The van der Waals surface area contributed by atoms with E-state index in [0.717, 1.165) is 5.56 Å². The molecule has 0 unspecified atom stereocenters. The summed E-state index contributed by atoms with van der Waals surface area (Å²) in [6.45, 7) is 0. The van der Waals surface area contributed by atoms with Crippen LogP contribution in [0.1, 0.15) is 0 Å². The Morgan fingerprint density at radius 2 is 1.94 bits per heavy atom. The van der Waals surface area contributed by atoms with Crippen LogP contribution in [0.15, 0.2) is 47.5 Å². The van der Waals surface area contributed by atoms with Crippen LogP contribution in [-0.4, -0.2) is 5.16 Å². The maximum absolute atomic E-state index is 13.6. The first-order valence-corrected chi connectivity index (χ1v) is 5.63. The van der Waals surface area contributed by atoms with Crippen molar-refractivity contribution in [3.8, 4) is 11.1 Å². The van der Waals surface area contributed by atoms with Crippen molar-refractivity contribution in [1.82, 2.24) is 0 Å². The Morgan fingerprint density at radius 3 is 2.59 bits per heavy atom. The second kappa shape index (κ2) is 5.19. The highest BCUT2D eigenvalue weighted by atomic mass is 35.5. The standard InChI is InChI=1S/C13H7ClFNS/c14-11-4-2-1-3-10(11)9-5-6-13(16-8-17)12(15)7-9/h1-7H. The Bertz CT molecular complexity index is 606. The first-order valence-electron chi connectivity index (χ1n) is 4.84. The Morgan fingerprint density at radius 1 is 1.18 bits per heavy atom. The minimum Gasteiger partial charge on any atom is -0.205 e. The molecule has 0 spiro atoms. The summed E-state index contributed by atoms with van der Waals surface area (Å²) in [6.07, 6.45) is 0. The molecule has 0 fully saturated rings. The number of benzene rings is 2. The largest absolute Gasteiger partial charge is 0.205 e. The summed E-state index contributed by atoms with van der Waals surface area (Å²) in [5, 5.41) is 2.72. The SMILES string of the molecule is Fc1cc(-c2ccccc2Cl)ccc1N=C=S. The highest BCUT2D eigenvalue weighted by Crippen LogP contribution is 2.30. The smallest absolute Gasteiger partial charge is 0.150 e. The van der Waals surface area contributed by atoms with E-state index in [-0.39, 0.29) is 5.69 Å². The van der Waals surface area contributed by atoms with E-state index >= 15 is 0 Å². The van der Waals surface area contributed by atoms with E-state index in [0.29, 0.717) is 10.6 Å². The van der Waals surface area contributed by atoms with Crippen LogP contribution >= 0.6 is 23.8 Å². The van der Waals surface area contributed by atoms with E-state index in [9.17, 15) is 4.39 Å². The lowest BCUT2D eigenvalue weighted by atomic mass is 10.1. The molecule has 0 saturated carbocycles. The summed E-state index contributed by atoms with van der Waals surface area (Å²) in [4.78, 5) is 3.62. The van der Waals surface area contributed by atoms with Gasteiger partial charge >= 0.3 is 0 Å². The average Bonchev–Trinajstić information content (AvgIpc) is 2.33. The van der Waals surface area contributed by atoms with E-state index in [1.165, 1.54) is 6.07 Å². The van der Waals surface area contributed by atoms with Gasteiger partial charge in [0.2, 0.25) is 0 Å². The van der Waals surface area contributed by atoms with Crippen LogP contribution in [0.2, 0.25) is 5.02 Å². The lowest BCUT2D eigenvalue weighted by molar-refractivity contribution is 0.630. The van der Waals surface area contributed by atoms with Gasteiger partial charge in [0.25, 0.3) is 0 Å². The van der Waals surface area contributed by atoms with Crippen LogP contribution in [0.25, 0.3) is 11.1 Å². The van der Waals surface area contributed by atoms with Crippen molar-refractivity contribution < 1.29 is 4.39 Å². The molecule has 17 heavy (non-hydrogen) atoms. The Balaban J connectivity index is 2.52. The van der Waals surface area contributed by atoms with Gasteiger partial charge < -0.3 is 0 Å². The second-order valence-electron chi connectivity index (χ2n) is 3.35.